The summed E-state index contributed by atoms with van der Waals surface area (Å²) in [4.78, 5) is 0. The molecule has 0 amide bonds. The van der Waals surface area contributed by atoms with Crippen LogP contribution in [0.3, 0.4) is 0 Å². The van der Waals surface area contributed by atoms with Gasteiger partial charge in [-0.3, -0.25) is 0 Å². The maximum Gasteiger partial charge on any atom is 0.125 e. The summed E-state index contributed by atoms with van der Waals surface area (Å²) in [6.45, 7) is 4.01. The number of benzene rings is 1. The van der Waals surface area contributed by atoms with Crippen molar-refractivity contribution in [2.75, 3.05) is 7.05 Å². The first-order valence-electron chi connectivity index (χ1n) is 5.72. The lowest BCUT2D eigenvalue weighted by Gasteiger charge is -2.16. The van der Waals surface area contributed by atoms with Gasteiger partial charge in [0.25, 0.3) is 0 Å². The molecule has 1 aromatic carbocycles. The third-order valence-corrected chi connectivity index (χ3v) is 3.86. The van der Waals surface area contributed by atoms with Gasteiger partial charge in [0.1, 0.15) is 11.5 Å². The van der Waals surface area contributed by atoms with Crippen molar-refractivity contribution in [2.24, 2.45) is 0 Å². The van der Waals surface area contributed by atoms with Crippen molar-refractivity contribution in [1.82, 2.24) is 5.32 Å². The third-order valence-electron chi connectivity index (χ3n) is 3.03. The van der Waals surface area contributed by atoms with Crippen LogP contribution in [0.4, 0.5) is 0 Å². The number of halogens is 2. The summed E-state index contributed by atoms with van der Waals surface area (Å²) in [5.74, 6) is 1.82. The van der Waals surface area contributed by atoms with E-state index < -0.39 is 0 Å². The standard InChI is InChI=1S/C14H15BrClNO/c1-8-6-13(18-9(8)2)14(17-3)11-7-10(15)4-5-12(11)16/h4-7,14,17H,1-3H3. The Kier molecular flexibility index (Phi) is 4.15. The molecule has 0 spiro atoms. The first-order chi connectivity index (χ1) is 8.52. The Labute approximate surface area is 120 Å². The molecule has 0 fully saturated rings. The van der Waals surface area contributed by atoms with Crippen LogP contribution in [0.2, 0.25) is 5.02 Å². The molecular weight excluding hydrogens is 314 g/mol. The largest absolute Gasteiger partial charge is 0.464 e. The van der Waals surface area contributed by atoms with Crippen LogP contribution in [-0.4, -0.2) is 7.05 Å². The molecular formula is C14H15BrClNO. The van der Waals surface area contributed by atoms with E-state index in [0.717, 1.165) is 32.1 Å². The molecule has 1 heterocycles. The van der Waals surface area contributed by atoms with Gasteiger partial charge in [-0.1, -0.05) is 27.5 Å². The monoisotopic (exact) mass is 327 g/mol. The SMILES string of the molecule is CNC(c1cc(C)c(C)o1)c1cc(Br)ccc1Cl. The van der Waals surface area contributed by atoms with E-state index >= 15 is 0 Å². The maximum absolute atomic E-state index is 6.26. The molecule has 0 bridgehead atoms. The zero-order chi connectivity index (χ0) is 13.3. The predicted molar refractivity (Wildman–Crippen MR) is 78.2 cm³/mol. The van der Waals surface area contributed by atoms with Gasteiger partial charge in [0.05, 0.1) is 6.04 Å². The normalized spacial score (nSPS) is 12.7. The van der Waals surface area contributed by atoms with E-state index in [1.807, 2.05) is 45.2 Å². The number of aryl methyl sites for hydroxylation is 2. The highest BCUT2D eigenvalue weighted by Gasteiger charge is 2.19. The zero-order valence-electron chi connectivity index (χ0n) is 10.6. The summed E-state index contributed by atoms with van der Waals surface area (Å²) in [6.07, 6.45) is 0. The molecule has 18 heavy (non-hydrogen) atoms. The van der Waals surface area contributed by atoms with Crippen LogP contribution in [0.5, 0.6) is 0 Å². The van der Waals surface area contributed by atoms with Crippen molar-refractivity contribution < 1.29 is 4.42 Å². The second kappa shape index (κ2) is 5.47. The van der Waals surface area contributed by atoms with E-state index in [4.69, 9.17) is 16.0 Å². The second-order valence-corrected chi connectivity index (χ2v) is 5.60. The van der Waals surface area contributed by atoms with E-state index in [2.05, 4.69) is 21.2 Å². The fraction of sp³-hybridized carbons (Fsp3) is 0.286. The molecule has 0 aliphatic heterocycles. The summed E-state index contributed by atoms with van der Waals surface area (Å²) >= 11 is 9.73. The Bertz CT molecular complexity index is 545. The lowest BCUT2D eigenvalue weighted by molar-refractivity contribution is 0.443. The summed E-state index contributed by atoms with van der Waals surface area (Å²) in [5, 5.41) is 3.97. The van der Waals surface area contributed by atoms with Gasteiger partial charge in [-0.2, -0.15) is 0 Å². The highest BCUT2D eigenvalue weighted by atomic mass is 79.9. The van der Waals surface area contributed by atoms with Gasteiger partial charge in [0, 0.05) is 9.50 Å². The minimum absolute atomic E-state index is 0.0394. The van der Waals surface area contributed by atoms with Gasteiger partial charge >= 0.3 is 0 Å². The van der Waals surface area contributed by atoms with Crippen LogP contribution in [-0.2, 0) is 0 Å². The zero-order valence-corrected chi connectivity index (χ0v) is 12.9. The lowest BCUT2D eigenvalue weighted by atomic mass is 10.0. The van der Waals surface area contributed by atoms with Gasteiger partial charge in [-0.15, -0.1) is 0 Å². The number of hydrogen-bond acceptors (Lipinski definition) is 2. The Balaban J connectivity index is 2.48. The molecule has 1 unspecified atom stereocenters. The van der Waals surface area contributed by atoms with Crippen molar-refractivity contribution in [2.45, 2.75) is 19.9 Å². The topological polar surface area (TPSA) is 25.2 Å². The van der Waals surface area contributed by atoms with Crippen LogP contribution in [0, 0.1) is 13.8 Å². The van der Waals surface area contributed by atoms with Gasteiger partial charge in [-0.05, 0) is 56.3 Å². The Morgan fingerprint density at radius 3 is 2.56 bits per heavy atom. The molecule has 4 heteroatoms. The molecule has 2 nitrogen and oxygen atoms in total. The van der Waals surface area contributed by atoms with Gasteiger partial charge in [0.15, 0.2) is 0 Å². The summed E-state index contributed by atoms with van der Waals surface area (Å²) in [5.41, 5.74) is 2.15. The van der Waals surface area contributed by atoms with Crippen LogP contribution < -0.4 is 5.32 Å². The fourth-order valence-corrected chi connectivity index (χ4v) is 2.54. The van der Waals surface area contributed by atoms with Crippen molar-refractivity contribution in [3.05, 3.63) is 56.4 Å². The number of rotatable bonds is 3. The first kappa shape index (κ1) is 13.7. The average molecular weight is 329 g/mol. The van der Waals surface area contributed by atoms with Crippen LogP contribution in [0.1, 0.15) is 28.7 Å². The summed E-state index contributed by atoms with van der Waals surface area (Å²) in [7, 11) is 1.90. The Hall–Kier alpha value is -0.770. The molecule has 96 valence electrons. The highest BCUT2D eigenvalue weighted by molar-refractivity contribution is 9.10. The molecule has 0 aliphatic carbocycles. The molecule has 1 atom stereocenters. The first-order valence-corrected chi connectivity index (χ1v) is 6.89. The lowest BCUT2D eigenvalue weighted by Crippen LogP contribution is -2.17. The third kappa shape index (κ3) is 2.63. The van der Waals surface area contributed by atoms with Gasteiger partial charge < -0.3 is 9.73 Å². The van der Waals surface area contributed by atoms with Crippen molar-refractivity contribution in [3.8, 4) is 0 Å². The summed E-state index contributed by atoms with van der Waals surface area (Å²) in [6, 6.07) is 7.83. The van der Waals surface area contributed by atoms with Crippen LogP contribution in [0.15, 0.2) is 33.2 Å². The van der Waals surface area contributed by atoms with Crippen molar-refractivity contribution >= 4 is 27.5 Å². The van der Waals surface area contributed by atoms with E-state index in [1.54, 1.807) is 0 Å². The van der Waals surface area contributed by atoms with Crippen molar-refractivity contribution in [1.29, 1.82) is 0 Å². The minimum atomic E-state index is -0.0394. The fourth-order valence-electron chi connectivity index (χ4n) is 1.93. The number of furan rings is 1. The van der Waals surface area contributed by atoms with Gasteiger partial charge in [0.2, 0.25) is 0 Å². The average Bonchev–Trinajstić information content (AvgIpc) is 2.65. The smallest absolute Gasteiger partial charge is 0.125 e. The maximum atomic E-state index is 6.26. The second-order valence-electron chi connectivity index (χ2n) is 4.28. The number of hydrogen-bond donors (Lipinski definition) is 1. The molecule has 0 saturated heterocycles. The van der Waals surface area contributed by atoms with Gasteiger partial charge in [-0.25, -0.2) is 0 Å². The molecule has 0 aliphatic rings. The quantitative estimate of drug-likeness (QED) is 0.889. The van der Waals surface area contributed by atoms with Crippen LogP contribution >= 0.6 is 27.5 Å². The van der Waals surface area contributed by atoms with Crippen molar-refractivity contribution in [3.63, 3.8) is 0 Å². The van der Waals surface area contributed by atoms with E-state index in [9.17, 15) is 0 Å². The molecule has 2 aromatic rings. The van der Waals surface area contributed by atoms with Crippen LogP contribution in [0.25, 0.3) is 0 Å². The molecule has 2 rings (SSSR count). The van der Waals surface area contributed by atoms with E-state index in [-0.39, 0.29) is 6.04 Å². The predicted octanol–water partition coefficient (Wildman–Crippen LogP) is 4.62. The summed E-state index contributed by atoms with van der Waals surface area (Å²) < 4.78 is 6.78. The highest BCUT2D eigenvalue weighted by Crippen LogP contribution is 2.32. The Morgan fingerprint density at radius 2 is 2.00 bits per heavy atom. The molecule has 1 N–H and O–H groups in total. The molecule has 0 saturated carbocycles. The number of nitrogens with one attached hydrogen (secondary N) is 1. The Morgan fingerprint density at radius 1 is 1.28 bits per heavy atom. The molecule has 0 radical (unpaired) electrons. The minimum Gasteiger partial charge on any atom is -0.464 e. The van der Waals surface area contributed by atoms with E-state index in [1.165, 1.54) is 0 Å². The molecule has 1 aromatic heterocycles. The van der Waals surface area contributed by atoms with E-state index in [0.29, 0.717) is 0 Å².